The Kier molecular flexibility index (Phi) is 3.07. The van der Waals surface area contributed by atoms with Crippen LogP contribution in [-0.4, -0.2) is 24.7 Å². The highest BCUT2D eigenvalue weighted by molar-refractivity contribution is 6.09. The molecule has 0 bridgehead atoms. The summed E-state index contributed by atoms with van der Waals surface area (Å²) >= 11 is 0. The lowest BCUT2D eigenvalue weighted by Crippen LogP contribution is -1.99. The number of nitrogens with zero attached hydrogens (tertiary/aromatic N) is 5. The largest absolute Gasteiger partial charge is 0.455 e. The van der Waals surface area contributed by atoms with Gasteiger partial charge in [-0.25, -0.2) is 9.97 Å². The molecule has 0 amide bonds. The van der Waals surface area contributed by atoms with E-state index in [4.69, 9.17) is 9.40 Å². The van der Waals surface area contributed by atoms with Gasteiger partial charge in [0.15, 0.2) is 5.82 Å². The first-order valence-corrected chi connectivity index (χ1v) is 8.92. The Bertz CT molecular complexity index is 1470. The van der Waals surface area contributed by atoms with Gasteiger partial charge in [-0.3, -0.25) is 4.57 Å². The van der Waals surface area contributed by atoms with Crippen molar-refractivity contribution in [2.24, 2.45) is 0 Å². The second-order valence-electron chi connectivity index (χ2n) is 6.49. The van der Waals surface area contributed by atoms with Crippen LogP contribution in [0, 0.1) is 0 Å². The van der Waals surface area contributed by atoms with Gasteiger partial charge in [0.2, 0.25) is 11.3 Å². The van der Waals surface area contributed by atoms with Crippen molar-refractivity contribution in [3.05, 3.63) is 79.1 Å². The van der Waals surface area contributed by atoms with Crippen LogP contribution in [0.2, 0.25) is 0 Å². The minimum atomic E-state index is 0.543. The van der Waals surface area contributed by atoms with Gasteiger partial charge in [-0.05, 0) is 24.3 Å². The van der Waals surface area contributed by atoms with Gasteiger partial charge in [-0.2, -0.15) is 0 Å². The standard InChI is InChI=1S/C22H13N5O/c1-2-7-14(8-3-1)27-21(25-20-22(27)26-24-13-23-20)17-11-6-10-16-15-9-4-5-12-18(15)28-19(16)17/h1-13H. The van der Waals surface area contributed by atoms with Gasteiger partial charge in [-0.1, -0.05) is 48.5 Å². The van der Waals surface area contributed by atoms with E-state index in [9.17, 15) is 0 Å². The number of fused-ring (bicyclic) bond motifs is 4. The van der Waals surface area contributed by atoms with Crippen LogP contribution in [0.1, 0.15) is 0 Å². The highest BCUT2D eigenvalue weighted by Gasteiger charge is 2.20. The quantitative estimate of drug-likeness (QED) is 0.443. The Labute approximate surface area is 159 Å². The topological polar surface area (TPSA) is 69.6 Å². The van der Waals surface area contributed by atoms with Gasteiger partial charge in [0, 0.05) is 16.5 Å². The summed E-state index contributed by atoms with van der Waals surface area (Å²) in [5.41, 5.74) is 4.63. The van der Waals surface area contributed by atoms with Crippen molar-refractivity contribution in [2.75, 3.05) is 0 Å². The fourth-order valence-corrected chi connectivity index (χ4v) is 3.66. The average molecular weight is 363 g/mol. The van der Waals surface area contributed by atoms with Crippen LogP contribution in [0.3, 0.4) is 0 Å². The van der Waals surface area contributed by atoms with E-state index in [1.54, 1.807) is 0 Å². The molecule has 0 fully saturated rings. The van der Waals surface area contributed by atoms with Crippen molar-refractivity contribution in [3.63, 3.8) is 0 Å². The zero-order valence-corrected chi connectivity index (χ0v) is 14.6. The molecule has 6 rings (SSSR count). The van der Waals surface area contributed by atoms with E-state index in [0.29, 0.717) is 11.3 Å². The molecule has 0 aliphatic rings. The molecule has 0 aliphatic carbocycles. The zero-order chi connectivity index (χ0) is 18.5. The third kappa shape index (κ3) is 2.08. The van der Waals surface area contributed by atoms with Gasteiger partial charge in [0.1, 0.15) is 17.5 Å². The molecule has 0 atom stereocenters. The number of imidazole rings is 1. The molecule has 3 aromatic carbocycles. The van der Waals surface area contributed by atoms with E-state index in [1.165, 1.54) is 6.33 Å². The zero-order valence-electron chi connectivity index (χ0n) is 14.6. The molecule has 6 heteroatoms. The van der Waals surface area contributed by atoms with Gasteiger partial charge < -0.3 is 4.42 Å². The summed E-state index contributed by atoms with van der Waals surface area (Å²) < 4.78 is 8.18. The highest BCUT2D eigenvalue weighted by Crippen LogP contribution is 2.36. The minimum Gasteiger partial charge on any atom is -0.455 e. The number of hydrogen-bond acceptors (Lipinski definition) is 5. The van der Waals surface area contributed by atoms with Gasteiger partial charge in [-0.15, -0.1) is 10.2 Å². The van der Waals surface area contributed by atoms with Crippen molar-refractivity contribution in [1.29, 1.82) is 0 Å². The fraction of sp³-hybridized carbons (Fsp3) is 0. The number of aromatic nitrogens is 5. The van der Waals surface area contributed by atoms with E-state index in [0.717, 1.165) is 39.0 Å². The van der Waals surface area contributed by atoms with Gasteiger partial charge in [0.25, 0.3) is 0 Å². The van der Waals surface area contributed by atoms with Crippen molar-refractivity contribution in [2.45, 2.75) is 0 Å². The first-order valence-electron chi connectivity index (χ1n) is 8.92. The number of hydrogen-bond donors (Lipinski definition) is 0. The summed E-state index contributed by atoms with van der Waals surface area (Å²) in [6.45, 7) is 0. The molecule has 3 aromatic heterocycles. The molecule has 0 N–H and O–H groups in total. The summed E-state index contributed by atoms with van der Waals surface area (Å²) in [5, 5.41) is 10.4. The van der Waals surface area contributed by atoms with Crippen LogP contribution < -0.4 is 0 Å². The first kappa shape index (κ1) is 15.0. The molecule has 0 saturated carbocycles. The normalized spacial score (nSPS) is 11.6. The van der Waals surface area contributed by atoms with Crippen molar-refractivity contribution < 1.29 is 4.42 Å². The van der Waals surface area contributed by atoms with E-state index >= 15 is 0 Å². The number of rotatable bonds is 2. The molecule has 0 radical (unpaired) electrons. The molecule has 0 unspecified atom stereocenters. The predicted molar refractivity (Wildman–Crippen MR) is 107 cm³/mol. The van der Waals surface area contributed by atoms with E-state index < -0.39 is 0 Å². The molecular weight excluding hydrogens is 350 g/mol. The van der Waals surface area contributed by atoms with Crippen molar-refractivity contribution >= 4 is 33.2 Å². The molecule has 132 valence electrons. The first-order chi connectivity index (χ1) is 13.9. The third-order valence-corrected chi connectivity index (χ3v) is 4.88. The molecule has 6 nitrogen and oxygen atoms in total. The van der Waals surface area contributed by atoms with Gasteiger partial charge in [0.05, 0.1) is 5.56 Å². The number of para-hydroxylation sites is 3. The Morgan fingerprint density at radius 1 is 0.786 bits per heavy atom. The Balaban J connectivity index is 1.74. The van der Waals surface area contributed by atoms with Crippen LogP contribution in [0.25, 0.3) is 50.3 Å². The highest BCUT2D eigenvalue weighted by atomic mass is 16.3. The van der Waals surface area contributed by atoms with Crippen LogP contribution in [0.15, 0.2) is 83.5 Å². The van der Waals surface area contributed by atoms with Crippen LogP contribution in [0.4, 0.5) is 0 Å². The number of benzene rings is 3. The SMILES string of the molecule is c1ccc(-n2c(-c3cccc4c3oc3ccccc34)nc3ncnnc32)cc1. The maximum absolute atomic E-state index is 6.22. The van der Waals surface area contributed by atoms with E-state index in [-0.39, 0.29) is 0 Å². The lowest BCUT2D eigenvalue weighted by Gasteiger charge is -2.08. The summed E-state index contributed by atoms with van der Waals surface area (Å²) in [4.78, 5) is 9.07. The number of furan rings is 1. The van der Waals surface area contributed by atoms with Crippen molar-refractivity contribution in [3.8, 4) is 17.1 Å². The minimum absolute atomic E-state index is 0.543. The van der Waals surface area contributed by atoms with Crippen LogP contribution >= 0.6 is 0 Å². The Hall–Kier alpha value is -4.06. The molecule has 0 aliphatic heterocycles. The van der Waals surface area contributed by atoms with Gasteiger partial charge >= 0.3 is 0 Å². The Morgan fingerprint density at radius 2 is 1.61 bits per heavy atom. The summed E-state index contributed by atoms with van der Waals surface area (Å²) in [7, 11) is 0. The monoisotopic (exact) mass is 363 g/mol. The Morgan fingerprint density at radius 3 is 2.54 bits per heavy atom. The smallest absolute Gasteiger partial charge is 0.206 e. The van der Waals surface area contributed by atoms with Crippen LogP contribution in [0.5, 0.6) is 0 Å². The lowest BCUT2D eigenvalue weighted by atomic mass is 10.1. The maximum Gasteiger partial charge on any atom is 0.206 e. The molecule has 28 heavy (non-hydrogen) atoms. The van der Waals surface area contributed by atoms with Crippen molar-refractivity contribution in [1.82, 2.24) is 24.7 Å². The van der Waals surface area contributed by atoms with Crippen LogP contribution in [-0.2, 0) is 0 Å². The lowest BCUT2D eigenvalue weighted by molar-refractivity contribution is 0.669. The fourth-order valence-electron chi connectivity index (χ4n) is 3.66. The predicted octanol–water partition coefficient (Wildman–Crippen LogP) is 4.78. The van der Waals surface area contributed by atoms with E-state index in [2.05, 4.69) is 27.3 Å². The molecule has 3 heterocycles. The third-order valence-electron chi connectivity index (χ3n) is 4.88. The second-order valence-corrected chi connectivity index (χ2v) is 6.49. The second kappa shape index (κ2) is 5.72. The maximum atomic E-state index is 6.22. The van der Waals surface area contributed by atoms with E-state index in [1.807, 2.05) is 65.2 Å². The molecule has 0 spiro atoms. The summed E-state index contributed by atoms with van der Waals surface area (Å²) in [6, 6.07) is 24.1. The molecular formula is C22H13N5O. The summed E-state index contributed by atoms with van der Waals surface area (Å²) in [5.74, 6) is 0.721. The summed E-state index contributed by atoms with van der Waals surface area (Å²) in [6.07, 6.45) is 1.41. The average Bonchev–Trinajstić information content (AvgIpc) is 3.33. The molecule has 6 aromatic rings. The molecule has 0 saturated heterocycles.